The van der Waals surface area contributed by atoms with Crippen molar-refractivity contribution in [2.75, 3.05) is 12.0 Å². The zero-order chi connectivity index (χ0) is 11.3. The zero-order valence-corrected chi connectivity index (χ0v) is 10.5. The average Bonchev–Trinajstić information content (AvgIpc) is 2.24. The Bertz CT molecular complexity index is 346. The van der Waals surface area contributed by atoms with Crippen molar-refractivity contribution in [3.8, 4) is 0 Å². The molecule has 1 heterocycles. The second-order valence-electron chi connectivity index (χ2n) is 2.54. The molecule has 0 atom stereocenters. The van der Waals surface area contributed by atoms with Crippen LogP contribution in [0.5, 0.6) is 0 Å². The molecule has 0 saturated heterocycles. The number of hydrazine groups is 2. The molecule has 0 radical (unpaired) electrons. The zero-order valence-electron chi connectivity index (χ0n) is 8.17. The Morgan fingerprint density at radius 1 is 1.73 bits per heavy atom. The van der Waals surface area contributed by atoms with Gasteiger partial charge in [-0.05, 0) is 34.5 Å². The van der Waals surface area contributed by atoms with Gasteiger partial charge in [-0.15, -0.1) is 5.53 Å². The van der Waals surface area contributed by atoms with Crippen molar-refractivity contribution in [1.82, 2.24) is 20.5 Å². The van der Waals surface area contributed by atoms with Crippen molar-refractivity contribution in [3.05, 3.63) is 28.7 Å². The Kier molecular flexibility index (Phi) is 4.80. The third-order valence-corrected chi connectivity index (χ3v) is 2.36. The molecule has 0 aromatic carbocycles. The number of nitrogens with zero attached hydrogens (tertiary/aromatic N) is 3. The molecule has 0 aliphatic carbocycles. The first-order valence-electron chi connectivity index (χ1n) is 4.26. The maximum Gasteiger partial charge on any atom is 0.224 e. The minimum atomic E-state index is 0.184. The van der Waals surface area contributed by atoms with Gasteiger partial charge in [-0.3, -0.25) is 10.4 Å². The van der Waals surface area contributed by atoms with E-state index in [1.54, 1.807) is 17.4 Å². The van der Waals surface area contributed by atoms with Crippen molar-refractivity contribution in [2.24, 2.45) is 0 Å². The van der Waals surface area contributed by atoms with Crippen LogP contribution in [0.1, 0.15) is 6.92 Å². The third-order valence-electron chi connectivity index (χ3n) is 1.59. The molecule has 1 rings (SSSR count). The van der Waals surface area contributed by atoms with Gasteiger partial charge in [0.1, 0.15) is 0 Å². The highest BCUT2D eigenvalue weighted by molar-refractivity contribution is 9.10. The molecule has 1 aromatic rings. The van der Waals surface area contributed by atoms with Crippen LogP contribution in [0.15, 0.2) is 23.4 Å². The van der Waals surface area contributed by atoms with E-state index in [1.807, 2.05) is 6.92 Å². The summed E-state index contributed by atoms with van der Waals surface area (Å²) in [6.45, 7) is 6.39. The van der Waals surface area contributed by atoms with Gasteiger partial charge in [0, 0.05) is 18.9 Å². The van der Waals surface area contributed by atoms with Gasteiger partial charge in [0.05, 0.1) is 4.47 Å². The van der Waals surface area contributed by atoms with Gasteiger partial charge < -0.3 is 0 Å². The topological polar surface area (TPSA) is 53.1 Å². The van der Waals surface area contributed by atoms with E-state index in [0.717, 1.165) is 11.0 Å². The number of hydrogen-bond donors (Lipinski definition) is 2. The van der Waals surface area contributed by atoms with Crippen LogP contribution in [0.25, 0.3) is 0 Å². The summed E-state index contributed by atoms with van der Waals surface area (Å²) in [7, 11) is 0. The van der Waals surface area contributed by atoms with E-state index < -0.39 is 0 Å². The average molecular weight is 293 g/mol. The third kappa shape index (κ3) is 3.65. The molecule has 15 heavy (non-hydrogen) atoms. The van der Waals surface area contributed by atoms with Gasteiger partial charge in [0.15, 0.2) is 5.82 Å². The summed E-state index contributed by atoms with van der Waals surface area (Å²) < 4.78 is 0.722. The minimum Gasteiger partial charge on any atom is -0.299 e. The Balaban J connectivity index is 2.64. The quantitative estimate of drug-likeness (QED) is 0.643. The second-order valence-corrected chi connectivity index (χ2v) is 3.73. The Labute approximate surface area is 102 Å². The van der Waals surface area contributed by atoms with Crippen LogP contribution in [0.2, 0.25) is 5.28 Å². The lowest BCUT2D eigenvalue weighted by Crippen LogP contribution is -2.37. The van der Waals surface area contributed by atoms with Crippen molar-refractivity contribution >= 4 is 33.3 Å². The lowest BCUT2D eigenvalue weighted by molar-refractivity contribution is 0.312. The summed E-state index contributed by atoms with van der Waals surface area (Å²) in [4.78, 5) is 7.80. The van der Waals surface area contributed by atoms with E-state index in [9.17, 15) is 0 Å². The predicted molar refractivity (Wildman–Crippen MR) is 64.1 cm³/mol. The van der Waals surface area contributed by atoms with Crippen molar-refractivity contribution in [2.45, 2.75) is 6.92 Å². The largest absolute Gasteiger partial charge is 0.299 e. The molecule has 0 amide bonds. The molecule has 0 spiro atoms. The van der Waals surface area contributed by atoms with Gasteiger partial charge in [0.25, 0.3) is 0 Å². The molecular weight excluding hydrogens is 281 g/mol. The van der Waals surface area contributed by atoms with E-state index >= 15 is 0 Å². The summed E-state index contributed by atoms with van der Waals surface area (Å²) in [6.07, 6.45) is 3.23. The van der Waals surface area contributed by atoms with E-state index in [0.29, 0.717) is 5.82 Å². The number of hydrogen-bond acceptors (Lipinski definition) is 5. The first-order valence-corrected chi connectivity index (χ1v) is 5.43. The second kappa shape index (κ2) is 5.89. The number of halogens is 2. The first kappa shape index (κ1) is 12.2. The summed E-state index contributed by atoms with van der Waals surface area (Å²) in [5.74, 6) is 0.565. The number of rotatable bonds is 5. The number of nitrogens with one attached hydrogen (secondary N) is 2. The molecule has 0 aliphatic heterocycles. The van der Waals surface area contributed by atoms with Crippen LogP contribution >= 0.6 is 27.5 Å². The van der Waals surface area contributed by atoms with E-state index in [4.69, 9.17) is 11.6 Å². The molecule has 0 bridgehead atoms. The van der Waals surface area contributed by atoms with E-state index in [2.05, 4.69) is 43.4 Å². The summed E-state index contributed by atoms with van der Waals surface area (Å²) in [6, 6.07) is 0. The van der Waals surface area contributed by atoms with Crippen molar-refractivity contribution < 1.29 is 0 Å². The molecule has 2 N–H and O–H groups in total. The lowest BCUT2D eigenvalue weighted by atomic mass is 10.6. The number of aromatic nitrogens is 2. The van der Waals surface area contributed by atoms with Crippen molar-refractivity contribution in [3.63, 3.8) is 0 Å². The predicted octanol–water partition coefficient (Wildman–Crippen LogP) is 2.19. The monoisotopic (exact) mass is 291 g/mol. The fourth-order valence-electron chi connectivity index (χ4n) is 0.812. The maximum absolute atomic E-state index is 5.66. The summed E-state index contributed by atoms with van der Waals surface area (Å²) >= 11 is 8.95. The molecule has 1 aromatic heterocycles. The first-order chi connectivity index (χ1) is 7.17. The highest BCUT2D eigenvalue weighted by atomic mass is 79.9. The summed E-state index contributed by atoms with van der Waals surface area (Å²) in [5, 5.41) is 1.94. The molecule has 7 heteroatoms. The van der Waals surface area contributed by atoms with Crippen LogP contribution in [0, 0.1) is 0 Å². The van der Waals surface area contributed by atoms with Crippen molar-refractivity contribution in [1.29, 1.82) is 0 Å². The standard InChI is InChI=1S/C8H11BrClN5/c1-3-15(4-2)14-13-7-6(9)5-11-8(10)12-7/h3,5,14H,1,4H2,2H3,(H,11,12,13). The lowest BCUT2D eigenvalue weighted by Gasteiger charge is -2.19. The van der Waals surface area contributed by atoms with Gasteiger partial charge in [-0.2, -0.15) is 4.98 Å². The normalized spacial score (nSPS) is 9.80. The van der Waals surface area contributed by atoms with Crippen LogP contribution in [0.4, 0.5) is 5.82 Å². The fraction of sp³-hybridized carbons (Fsp3) is 0.250. The van der Waals surface area contributed by atoms with Crippen LogP contribution in [0.3, 0.4) is 0 Å². The Morgan fingerprint density at radius 2 is 2.47 bits per heavy atom. The molecule has 0 saturated carbocycles. The number of anilines is 1. The highest BCUT2D eigenvalue weighted by Gasteiger charge is 2.03. The molecule has 0 fully saturated rings. The fourth-order valence-corrected chi connectivity index (χ4v) is 1.24. The molecule has 82 valence electrons. The molecule has 0 aliphatic rings. The Morgan fingerprint density at radius 3 is 3.07 bits per heavy atom. The van der Waals surface area contributed by atoms with Gasteiger partial charge in [-0.1, -0.05) is 6.58 Å². The SMILES string of the molecule is C=CN(CC)NNc1nc(Cl)ncc1Br. The molecular formula is C8H11BrClN5. The smallest absolute Gasteiger partial charge is 0.224 e. The maximum atomic E-state index is 5.66. The van der Waals surface area contributed by atoms with Crippen LogP contribution in [-0.2, 0) is 0 Å². The van der Waals surface area contributed by atoms with E-state index in [1.165, 1.54) is 0 Å². The van der Waals surface area contributed by atoms with Gasteiger partial charge in [-0.25, -0.2) is 4.98 Å². The molecule has 5 nitrogen and oxygen atoms in total. The van der Waals surface area contributed by atoms with Crippen LogP contribution < -0.4 is 11.0 Å². The minimum absolute atomic E-state index is 0.184. The molecule has 0 unspecified atom stereocenters. The van der Waals surface area contributed by atoms with Gasteiger partial charge in [0.2, 0.25) is 5.28 Å². The highest BCUT2D eigenvalue weighted by Crippen LogP contribution is 2.19. The van der Waals surface area contributed by atoms with Gasteiger partial charge >= 0.3 is 0 Å². The van der Waals surface area contributed by atoms with Crippen LogP contribution in [-0.4, -0.2) is 21.5 Å². The van der Waals surface area contributed by atoms with E-state index in [-0.39, 0.29) is 5.28 Å². The summed E-state index contributed by atoms with van der Waals surface area (Å²) in [5.41, 5.74) is 5.77. The Hall–Kier alpha value is -0.850.